The van der Waals surface area contributed by atoms with Gasteiger partial charge in [0.2, 0.25) is 0 Å². The lowest BCUT2D eigenvalue weighted by molar-refractivity contribution is 0.0659. The molecule has 1 saturated heterocycles. The van der Waals surface area contributed by atoms with Crippen LogP contribution in [0.3, 0.4) is 0 Å². The van der Waals surface area contributed by atoms with Gasteiger partial charge < -0.3 is 9.80 Å². The van der Waals surface area contributed by atoms with E-state index in [2.05, 4.69) is 16.7 Å². The van der Waals surface area contributed by atoms with E-state index in [1.807, 2.05) is 7.05 Å². The third kappa shape index (κ3) is 4.25. The van der Waals surface area contributed by atoms with E-state index in [1.54, 1.807) is 46.7 Å². The molecule has 1 aromatic carbocycles. The molecule has 3 rings (SSSR count). The van der Waals surface area contributed by atoms with Gasteiger partial charge >= 0.3 is 0 Å². The molecule has 0 radical (unpaired) electrons. The predicted molar refractivity (Wildman–Crippen MR) is 104 cm³/mol. The number of anilines is 1. The molecule has 140 valence electrons. The zero-order valence-corrected chi connectivity index (χ0v) is 16.5. The molecule has 2 heterocycles. The second-order valence-electron chi connectivity index (χ2n) is 6.57. The molecule has 0 spiro atoms. The molecule has 1 N–H and O–H groups in total. The van der Waals surface area contributed by atoms with Crippen molar-refractivity contribution in [1.82, 2.24) is 9.80 Å². The SMILES string of the molecule is CN1CCC(N(C)C(=O)c2ccc(NS(=O)(=O)c3cccs3)cc2)CC1. The monoisotopic (exact) mass is 393 g/mol. The van der Waals surface area contributed by atoms with Crippen molar-refractivity contribution in [3.8, 4) is 0 Å². The van der Waals surface area contributed by atoms with E-state index < -0.39 is 10.0 Å². The Kier molecular flexibility index (Phi) is 5.64. The highest BCUT2D eigenvalue weighted by Crippen LogP contribution is 2.21. The number of hydrogen-bond acceptors (Lipinski definition) is 5. The fourth-order valence-corrected chi connectivity index (χ4v) is 5.11. The van der Waals surface area contributed by atoms with Crippen LogP contribution in [0, 0.1) is 0 Å². The molecule has 0 saturated carbocycles. The lowest BCUT2D eigenvalue weighted by atomic mass is 10.0. The molecule has 1 aromatic heterocycles. The minimum Gasteiger partial charge on any atom is -0.339 e. The van der Waals surface area contributed by atoms with E-state index in [9.17, 15) is 13.2 Å². The van der Waals surface area contributed by atoms with Crippen molar-refractivity contribution < 1.29 is 13.2 Å². The Morgan fingerprint density at radius 1 is 1.19 bits per heavy atom. The number of nitrogens with zero attached hydrogens (tertiary/aromatic N) is 2. The van der Waals surface area contributed by atoms with Crippen LogP contribution in [-0.4, -0.2) is 57.4 Å². The molecule has 1 fully saturated rings. The van der Waals surface area contributed by atoms with E-state index in [4.69, 9.17) is 0 Å². The van der Waals surface area contributed by atoms with Crippen molar-refractivity contribution >= 4 is 33.0 Å². The first-order chi connectivity index (χ1) is 12.4. The second-order valence-corrected chi connectivity index (χ2v) is 9.42. The number of benzene rings is 1. The number of carbonyl (C=O) groups is 1. The van der Waals surface area contributed by atoms with Crippen molar-refractivity contribution in [2.75, 3.05) is 31.9 Å². The number of rotatable bonds is 5. The predicted octanol–water partition coefficient (Wildman–Crippen LogP) is 2.72. The third-order valence-corrected chi connectivity index (χ3v) is 7.48. The van der Waals surface area contributed by atoms with Gasteiger partial charge in [0, 0.05) is 24.3 Å². The van der Waals surface area contributed by atoms with Crippen LogP contribution in [-0.2, 0) is 10.0 Å². The van der Waals surface area contributed by atoms with Crippen LogP contribution in [0.15, 0.2) is 46.0 Å². The molecule has 1 amide bonds. The first-order valence-electron chi connectivity index (χ1n) is 8.49. The lowest BCUT2D eigenvalue weighted by Gasteiger charge is -2.35. The first-order valence-corrected chi connectivity index (χ1v) is 10.9. The Labute approximate surface area is 158 Å². The van der Waals surface area contributed by atoms with Crippen molar-refractivity contribution in [3.05, 3.63) is 47.3 Å². The van der Waals surface area contributed by atoms with Crippen LogP contribution in [0.2, 0.25) is 0 Å². The Morgan fingerprint density at radius 3 is 2.42 bits per heavy atom. The molecule has 0 aliphatic carbocycles. The normalized spacial score (nSPS) is 16.4. The van der Waals surface area contributed by atoms with Gasteiger partial charge in [-0.15, -0.1) is 11.3 Å². The highest BCUT2D eigenvalue weighted by Gasteiger charge is 2.24. The van der Waals surface area contributed by atoms with Gasteiger partial charge in [0.1, 0.15) is 4.21 Å². The van der Waals surface area contributed by atoms with E-state index in [-0.39, 0.29) is 16.2 Å². The van der Waals surface area contributed by atoms with Crippen molar-refractivity contribution in [2.45, 2.75) is 23.1 Å². The van der Waals surface area contributed by atoms with Crippen LogP contribution in [0.1, 0.15) is 23.2 Å². The first kappa shape index (κ1) is 18.9. The molecular formula is C18H23N3O3S2. The molecule has 2 aromatic rings. The smallest absolute Gasteiger partial charge is 0.271 e. The van der Waals surface area contributed by atoms with E-state index in [0.717, 1.165) is 37.3 Å². The maximum atomic E-state index is 12.7. The van der Waals surface area contributed by atoms with Gasteiger partial charge in [0.05, 0.1) is 0 Å². The van der Waals surface area contributed by atoms with Crippen molar-refractivity contribution in [2.24, 2.45) is 0 Å². The van der Waals surface area contributed by atoms with Crippen LogP contribution in [0.25, 0.3) is 0 Å². The van der Waals surface area contributed by atoms with E-state index in [0.29, 0.717) is 11.3 Å². The summed E-state index contributed by atoms with van der Waals surface area (Å²) in [4.78, 5) is 16.8. The molecule has 6 nitrogen and oxygen atoms in total. The zero-order chi connectivity index (χ0) is 18.7. The maximum absolute atomic E-state index is 12.7. The highest BCUT2D eigenvalue weighted by molar-refractivity contribution is 7.94. The molecular weight excluding hydrogens is 370 g/mol. The largest absolute Gasteiger partial charge is 0.339 e. The number of carbonyl (C=O) groups excluding carboxylic acids is 1. The van der Waals surface area contributed by atoms with Crippen molar-refractivity contribution in [1.29, 1.82) is 0 Å². The quantitative estimate of drug-likeness (QED) is 0.848. The van der Waals surface area contributed by atoms with Gasteiger partial charge in [0.15, 0.2) is 0 Å². The summed E-state index contributed by atoms with van der Waals surface area (Å²) in [6.45, 7) is 1.98. The topological polar surface area (TPSA) is 69.7 Å². The van der Waals surface area contributed by atoms with E-state index in [1.165, 1.54) is 0 Å². The summed E-state index contributed by atoms with van der Waals surface area (Å²) in [6, 6.07) is 10.1. The summed E-state index contributed by atoms with van der Waals surface area (Å²) in [7, 11) is 0.357. The second kappa shape index (κ2) is 7.77. The standard InChI is InChI=1S/C18H23N3O3S2/c1-20-11-9-16(10-12-20)21(2)18(22)14-5-7-15(8-6-14)19-26(23,24)17-4-3-13-25-17/h3-8,13,16,19H,9-12H2,1-2H3. The lowest BCUT2D eigenvalue weighted by Crippen LogP contribution is -2.44. The Hall–Kier alpha value is -1.90. The van der Waals surface area contributed by atoms with Crippen LogP contribution in [0.4, 0.5) is 5.69 Å². The van der Waals surface area contributed by atoms with Gasteiger partial charge in [0.25, 0.3) is 15.9 Å². The molecule has 26 heavy (non-hydrogen) atoms. The van der Waals surface area contributed by atoms with Gasteiger partial charge in [-0.25, -0.2) is 8.42 Å². The summed E-state index contributed by atoms with van der Waals surface area (Å²) >= 11 is 1.16. The molecule has 0 bridgehead atoms. The average Bonchev–Trinajstić information content (AvgIpc) is 3.17. The molecule has 0 unspecified atom stereocenters. The Balaban J connectivity index is 1.66. The number of thiophene rings is 1. The summed E-state index contributed by atoms with van der Waals surface area (Å²) in [5.41, 5.74) is 1.00. The Bertz CT molecular complexity index is 840. The minimum absolute atomic E-state index is 0.0350. The van der Waals surface area contributed by atoms with Gasteiger partial charge in [-0.2, -0.15) is 0 Å². The summed E-state index contributed by atoms with van der Waals surface area (Å²) in [5.74, 6) is -0.0350. The highest BCUT2D eigenvalue weighted by atomic mass is 32.2. The molecule has 1 aliphatic heterocycles. The zero-order valence-electron chi connectivity index (χ0n) is 14.9. The third-order valence-electron chi connectivity index (χ3n) is 4.70. The minimum atomic E-state index is -3.57. The van der Waals surface area contributed by atoms with Crippen LogP contribution >= 0.6 is 11.3 Å². The summed E-state index contributed by atoms with van der Waals surface area (Å²) in [6.07, 6.45) is 1.94. The van der Waals surface area contributed by atoms with Crippen molar-refractivity contribution in [3.63, 3.8) is 0 Å². The Morgan fingerprint density at radius 2 is 1.85 bits per heavy atom. The fraction of sp³-hybridized carbons (Fsp3) is 0.389. The van der Waals surface area contributed by atoms with Crippen LogP contribution in [0.5, 0.6) is 0 Å². The number of sulfonamides is 1. The molecule has 8 heteroatoms. The number of amides is 1. The number of hydrogen-bond donors (Lipinski definition) is 1. The summed E-state index contributed by atoms with van der Waals surface area (Å²) in [5, 5.41) is 1.72. The van der Waals surface area contributed by atoms with E-state index >= 15 is 0 Å². The van der Waals surface area contributed by atoms with Gasteiger partial charge in [-0.3, -0.25) is 9.52 Å². The average molecular weight is 394 g/mol. The van der Waals surface area contributed by atoms with Crippen LogP contribution < -0.4 is 4.72 Å². The summed E-state index contributed by atoms with van der Waals surface area (Å²) < 4.78 is 27.3. The van der Waals surface area contributed by atoms with Gasteiger partial charge in [-0.05, 0) is 68.7 Å². The van der Waals surface area contributed by atoms with Gasteiger partial charge in [-0.1, -0.05) is 6.07 Å². The number of likely N-dealkylation sites (tertiary alicyclic amines) is 1. The fourth-order valence-electron chi connectivity index (χ4n) is 3.05. The molecule has 1 aliphatic rings. The molecule has 0 atom stereocenters. The maximum Gasteiger partial charge on any atom is 0.271 e. The number of piperidine rings is 1. The number of nitrogens with one attached hydrogen (secondary N) is 1.